The maximum atomic E-state index is 13.3. The predicted octanol–water partition coefficient (Wildman–Crippen LogP) is 3.85. The Hall–Kier alpha value is -2.39. The minimum absolute atomic E-state index is 0.0942. The van der Waals surface area contributed by atoms with Crippen molar-refractivity contribution < 1.29 is 17.2 Å². The number of sulfonamides is 1. The van der Waals surface area contributed by atoms with Gasteiger partial charge in [-0.2, -0.15) is 0 Å². The van der Waals surface area contributed by atoms with E-state index >= 15 is 0 Å². The third kappa shape index (κ3) is 3.44. The molecule has 0 amide bonds. The molecule has 144 valence electrons. The van der Waals surface area contributed by atoms with Gasteiger partial charge >= 0.3 is 0 Å². The number of nitrogens with zero attached hydrogens (tertiary/aromatic N) is 3. The molecule has 1 N–H and O–H groups in total. The summed E-state index contributed by atoms with van der Waals surface area (Å²) in [5.41, 5.74) is 1.66. The molecule has 0 saturated heterocycles. The van der Waals surface area contributed by atoms with Gasteiger partial charge in [0, 0.05) is 24.7 Å². The van der Waals surface area contributed by atoms with Crippen molar-refractivity contribution in [3.63, 3.8) is 0 Å². The third-order valence-corrected chi connectivity index (χ3v) is 6.21. The van der Waals surface area contributed by atoms with Gasteiger partial charge in [0.15, 0.2) is 0 Å². The first-order chi connectivity index (χ1) is 12.7. The summed E-state index contributed by atoms with van der Waals surface area (Å²) >= 11 is 5.74. The van der Waals surface area contributed by atoms with E-state index in [1.807, 2.05) is 6.92 Å². The SMILES string of the molecule is CCc1nnc(-c2c(C)c(S(=O)(=O)Nc3ccc(F)c(Cl)c3)c(C)n2C)o1. The lowest BCUT2D eigenvalue weighted by Crippen LogP contribution is -2.15. The van der Waals surface area contributed by atoms with Crippen LogP contribution >= 0.6 is 11.6 Å². The minimum atomic E-state index is -3.95. The van der Waals surface area contributed by atoms with Crippen molar-refractivity contribution in [2.45, 2.75) is 32.1 Å². The van der Waals surface area contributed by atoms with Gasteiger partial charge in [-0.15, -0.1) is 10.2 Å². The van der Waals surface area contributed by atoms with Crippen LogP contribution in [0.1, 0.15) is 24.1 Å². The van der Waals surface area contributed by atoms with E-state index < -0.39 is 15.8 Å². The topological polar surface area (TPSA) is 90.0 Å². The largest absolute Gasteiger partial charge is 0.419 e. The summed E-state index contributed by atoms with van der Waals surface area (Å²) in [5, 5.41) is 7.77. The number of rotatable bonds is 5. The van der Waals surface area contributed by atoms with E-state index in [4.69, 9.17) is 16.0 Å². The summed E-state index contributed by atoms with van der Waals surface area (Å²) in [7, 11) is -2.23. The quantitative estimate of drug-likeness (QED) is 0.687. The van der Waals surface area contributed by atoms with Crippen molar-refractivity contribution in [3.8, 4) is 11.6 Å². The molecule has 0 aliphatic carbocycles. The molecule has 0 aliphatic rings. The van der Waals surface area contributed by atoms with Crippen LogP contribution < -0.4 is 4.72 Å². The first kappa shape index (κ1) is 19.4. The van der Waals surface area contributed by atoms with Crippen molar-refractivity contribution in [2.24, 2.45) is 7.05 Å². The number of aryl methyl sites for hydroxylation is 1. The zero-order valence-corrected chi connectivity index (χ0v) is 16.7. The zero-order valence-electron chi connectivity index (χ0n) is 15.2. The molecule has 0 saturated carbocycles. The number of anilines is 1. The number of hydrogen-bond acceptors (Lipinski definition) is 5. The van der Waals surface area contributed by atoms with Crippen molar-refractivity contribution in [2.75, 3.05) is 4.72 Å². The van der Waals surface area contributed by atoms with Gasteiger partial charge < -0.3 is 8.98 Å². The van der Waals surface area contributed by atoms with Crippen LogP contribution in [0.3, 0.4) is 0 Å². The summed E-state index contributed by atoms with van der Waals surface area (Å²) in [6, 6.07) is 3.62. The Labute approximate surface area is 161 Å². The van der Waals surface area contributed by atoms with Crippen molar-refractivity contribution >= 4 is 27.3 Å². The Morgan fingerprint density at radius 3 is 2.59 bits per heavy atom. The number of halogens is 2. The predicted molar refractivity (Wildman–Crippen MR) is 99.8 cm³/mol. The van der Waals surface area contributed by atoms with Crippen molar-refractivity contribution in [1.82, 2.24) is 14.8 Å². The number of hydrogen-bond donors (Lipinski definition) is 1. The van der Waals surface area contributed by atoms with E-state index in [0.717, 1.165) is 6.07 Å². The van der Waals surface area contributed by atoms with Gasteiger partial charge in [-0.05, 0) is 32.0 Å². The molecule has 0 atom stereocenters. The van der Waals surface area contributed by atoms with Crippen LogP contribution in [-0.4, -0.2) is 23.2 Å². The van der Waals surface area contributed by atoms with E-state index in [-0.39, 0.29) is 21.5 Å². The van der Waals surface area contributed by atoms with Gasteiger partial charge in [-0.25, -0.2) is 12.8 Å². The summed E-state index contributed by atoms with van der Waals surface area (Å²) in [6.07, 6.45) is 0.577. The Bertz CT molecular complexity index is 1120. The van der Waals surface area contributed by atoms with Gasteiger partial charge in [-0.3, -0.25) is 4.72 Å². The standard InChI is InChI=1S/C17H18ClFN4O3S/c1-5-14-20-21-17(26-14)15-9(2)16(10(3)23(15)4)27(24,25)22-11-6-7-13(19)12(18)8-11/h6-8,22H,5H2,1-4H3. The van der Waals surface area contributed by atoms with Gasteiger partial charge in [0.1, 0.15) is 16.4 Å². The molecule has 7 nitrogen and oxygen atoms in total. The average molecular weight is 413 g/mol. The summed E-state index contributed by atoms with van der Waals surface area (Å²) < 4.78 is 49.0. The second-order valence-corrected chi connectivity index (χ2v) is 8.06. The van der Waals surface area contributed by atoms with Crippen LogP contribution in [0, 0.1) is 19.7 Å². The van der Waals surface area contributed by atoms with Crippen LogP contribution in [0.4, 0.5) is 10.1 Å². The molecular formula is C17H18ClFN4O3S. The maximum absolute atomic E-state index is 13.3. The molecule has 3 rings (SSSR count). The fourth-order valence-corrected chi connectivity index (χ4v) is 4.65. The second kappa shape index (κ2) is 6.97. The van der Waals surface area contributed by atoms with E-state index in [1.165, 1.54) is 12.1 Å². The van der Waals surface area contributed by atoms with Crippen LogP contribution in [0.15, 0.2) is 27.5 Å². The molecule has 0 radical (unpaired) electrons. The molecule has 3 aromatic rings. The molecule has 0 unspecified atom stereocenters. The fraction of sp³-hybridized carbons (Fsp3) is 0.294. The monoisotopic (exact) mass is 412 g/mol. The van der Waals surface area contributed by atoms with Crippen LogP contribution in [0.5, 0.6) is 0 Å². The Balaban J connectivity index is 2.08. The van der Waals surface area contributed by atoms with Crippen molar-refractivity contribution in [3.05, 3.63) is 46.2 Å². The van der Waals surface area contributed by atoms with Gasteiger partial charge in [0.05, 0.1) is 10.7 Å². The molecule has 2 aromatic heterocycles. The molecule has 0 fully saturated rings. The highest BCUT2D eigenvalue weighted by atomic mass is 35.5. The average Bonchev–Trinajstić information content (AvgIpc) is 3.14. The molecule has 0 spiro atoms. The molecule has 10 heteroatoms. The Morgan fingerprint density at radius 2 is 2.00 bits per heavy atom. The lowest BCUT2D eigenvalue weighted by molar-refractivity contribution is 0.508. The first-order valence-electron chi connectivity index (χ1n) is 8.12. The van der Waals surface area contributed by atoms with Crippen LogP contribution in [-0.2, 0) is 23.5 Å². The van der Waals surface area contributed by atoms with Crippen molar-refractivity contribution in [1.29, 1.82) is 0 Å². The number of benzene rings is 1. The second-order valence-electron chi connectivity index (χ2n) is 6.04. The highest BCUT2D eigenvalue weighted by Gasteiger charge is 2.29. The van der Waals surface area contributed by atoms with Crippen LogP contribution in [0.2, 0.25) is 5.02 Å². The molecule has 2 heterocycles. The summed E-state index contributed by atoms with van der Waals surface area (Å²) in [4.78, 5) is 0.0942. The van der Waals surface area contributed by atoms with Gasteiger partial charge in [0.25, 0.3) is 15.9 Å². The maximum Gasteiger partial charge on any atom is 0.264 e. The van der Waals surface area contributed by atoms with E-state index in [9.17, 15) is 12.8 Å². The van der Waals surface area contributed by atoms with Crippen LogP contribution in [0.25, 0.3) is 11.6 Å². The van der Waals surface area contributed by atoms with E-state index in [2.05, 4.69) is 14.9 Å². The third-order valence-electron chi connectivity index (χ3n) is 4.28. The number of nitrogens with one attached hydrogen (secondary N) is 1. The lowest BCUT2D eigenvalue weighted by atomic mass is 10.2. The Morgan fingerprint density at radius 1 is 1.30 bits per heavy atom. The Kier molecular flexibility index (Phi) is 5.00. The molecule has 0 aliphatic heterocycles. The van der Waals surface area contributed by atoms with Gasteiger partial charge in [-0.1, -0.05) is 18.5 Å². The fourth-order valence-electron chi connectivity index (χ4n) is 2.91. The van der Waals surface area contributed by atoms with E-state index in [0.29, 0.717) is 29.3 Å². The highest BCUT2D eigenvalue weighted by molar-refractivity contribution is 7.92. The molecular weight excluding hydrogens is 395 g/mol. The molecule has 27 heavy (non-hydrogen) atoms. The highest BCUT2D eigenvalue weighted by Crippen LogP contribution is 2.33. The molecule has 1 aromatic carbocycles. The van der Waals surface area contributed by atoms with Gasteiger partial charge in [0.2, 0.25) is 5.89 Å². The first-order valence-corrected chi connectivity index (χ1v) is 9.98. The van der Waals surface area contributed by atoms with E-state index in [1.54, 1.807) is 25.5 Å². The molecule has 0 bridgehead atoms. The normalized spacial score (nSPS) is 11.8. The lowest BCUT2D eigenvalue weighted by Gasteiger charge is -2.09. The minimum Gasteiger partial charge on any atom is -0.419 e. The zero-order chi connectivity index (χ0) is 19.9. The smallest absolute Gasteiger partial charge is 0.264 e. The summed E-state index contributed by atoms with van der Waals surface area (Å²) in [6.45, 7) is 5.23. The number of aromatic nitrogens is 3. The summed E-state index contributed by atoms with van der Waals surface area (Å²) in [5.74, 6) is 0.0880.